The number of likely N-dealkylation sites (N-methyl/N-ethyl adjacent to an activating group) is 1. The van der Waals surface area contributed by atoms with Gasteiger partial charge in [-0.1, -0.05) is 6.08 Å². The Morgan fingerprint density at radius 2 is 1.95 bits per heavy atom. The van der Waals surface area contributed by atoms with Crippen LogP contribution in [0.4, 0.5) is 4.79 Å². The summed E-state index contributed by atoms with van der Waals surface area (Å²) in [5, 5.41) is 0. The van der Waals surface area contributed by atoms with Gasteiger partial charge in [0.2, 0.25) is 5.91 Å². The molecule has 0 radical (unpaired) electrons. The van der Waals surface area contributed by atoms with E-state index in [4.69, 9.17) is 0 Å². The molecule has 7 nitrogen and oxygen atoms in total. The van der Waals surface area contributed by atoms with Crippen LogP contribution < -0.4 is 0 Å². The second kappa shape index (κ2) is 6.48. The molecule has 7 heteroatoms. The molecule has 4 amide bonds. The fourth-order valence-electron chi connectivity index (χ4n) is 3.02. The van der Waals surface area contributed by atoms with Crippen LogP contribution >= 0.6 is 0 Å². The molecule has 2 fully saturated rings. The average Bonchev–Trinajstić information content (AvgIpc) is 2.69. The van der Waals surface area contributed by atoms with E-state index in [9.17, 15) is 14.4 Å². The van der Waals surface area contributed by atoms with E-state index in [1.54, 1.807) is 11.9 Å². The standard InChI is InChI=1S/C15H24N4O3/c1-5-6-17-7-12(3)18(8-11(17)2)14(21)10-19-13(20)9-16(4)15(19)22/h5,11-12H,1,6-10H2,2-4H3/t11-,12-/m1/s1. The van der Waals surface area contributed by atoms with Crippen molar-refractivity contribution in [1.29, 1.82) is 0 Å². The normalized spacial score (nSPS) is 26.8. The van der Waals surface area contributed by atoms with Crippen LogP contribution in [0.25, 0.3) is 0 Å². The van der Waals surface area contributed by atoms with Crippen molar-refractivity contribution in [3.05, 3.63) is 12.7 Å². The summed E-state index contributed by atoms with van der Waals surface area (Å²) < 4.78 is 0. The maximum absolute atomic E-state index is 12.5. The monoisotopic (exact) mass is 308 g/mol. The van der Waals surface area contributed by atoms with Crippen LogP contribution in [0.15, 0.2) is 12.7 Å². The van der Waals surface area contributed by atoms with Crippen LogP contribution in [0, 0.1) is 0 Å². The number of carbonyl (C=O) groups is 3. The zero-order chi connectivity index (χ0) is 16.4. The summed E-state index contributed by atoms with van der Waals surface area (Å²) in [5.74, 6) is -0.485. The molecular formula is C15H24N4O3. The minimum absolute atomic E-state index is 0.0468. The Labute approximate surface area is 131 Å². The van der Waals surface area contributed by atoms with Gasteiger partial charge >= 0.3 is 6.03 Å². The molecule has 122 valence electrons. The number of hydrogen-bond donors (Lipinski definition) is 0. The molecule has 2 atom stereocenters. The Bertz CT molecular complexity index is 493. The number of amides is 4. The molecule has 0 aromatic carbocycles. The van der Waals surface area contributed by atoms with E-state index in [1.807, 2.05) is 13.0 Å². The molecule has 0 N–H and O–H groups in total. The highest BCUT2D eigenvalue weighted by Crippen LogP contribution is 2.16. The lowest BCUT2D eigenvalue weighted by Gasteiger charge is -2.44. The minimum atomic E-state index is -0.399. The molecular weight excluding hydrogens is 284 g/mol. The quantitative estimate of drug-likeness (QED) is 0.541. The summed E-state index contributed by atoms with van der Waals surface area (Å²) in [4.78, 5) is 42.5. The number of imide groups is 1. The van der Waals surface area contributed by atoms with Gasteiger partial charge in [0, 0.05) is 38.8 Å². The van der Waals surface area contributed by atoms with Crippen molar-refractivity contribution in [2.24, 2.45) is 0 Å². The molecule has 2 aliphatic heterocycles. The van der Waals surface area contributed by atoms with Crippen molar-refractivity contribution in [2.75, 3.05) is 39.8 Å². The summed E-state index contributed by atoms with van der Waals surface area (Å²) in [6, 6.07) is -0.121. The van der Waals surface area contributed by atoms with Gasteiger partial charge in [0.1, 0.15) is 13.1 Å². The lowest BCUT2D eigenvalue weighted by molar-refractivity contribution is -0.140. The van der Waals surface area contributed by atoms with Gasteiger partial charge in [0.15, 0.2) is 0 Å². The number of hydrogen-bond acceptors (Lipinski definition) is 4. The Hall–Kier alpha value is -1.89. The molecule has 0 aromatic rings. The third-order valence-electron chi connectivity index (χ3n) is 4.32. The van der Waals surface area contributed by atoms with Crippen LogP contribution in [0.1, 0.15) is 13.8 Å². The van der Waals surface area contributed by atoms with Crippen LogP contribution in [0.2, 0.25) is 0 Å². The largest absolute Gasteiger partial charge is 0.336 e. The summed E-state index contributed by atoms with van der Waals surface area (Å²) >= 11 is 0. The minimum Gasteiger partial charge on any atom is -0.336 e. The second-order valence-corrected chi connectivity index (χ2v) is 6.11. The molecule has 22 heavy (non-hydrogen) atoms. The van der Waals surface area contributed by atoms with Crippen molar-refractivity contribution in [1.82, 2.24) is 19.6 Å². The number of urea groups is 1. The predicted molar refractivity (Wildman–Crippen MR) is 82.1 cm³/mol. The van der Waals surface area contributed by atoms with E-state index < -0.39 is 6.03 Å². The summed E-state index contributed by atoms with van der Waals surface area (Å²) in [6.07, 6.45) is 1.86. The SMILES string of the molecule is C=CCN1C[C@@H](C)N(C(=O)CN2C(=O)CN(C)C2=O)C[C@H]1C. The molecule has 2 saturated heterocycles. The molecule has 0 saturated carbocycles. The van der Waals surface area contributed by atoms with Crippen LogP contribution in [0.3, 0.4) is 0 Å². The topological polar surface area (TPSA) is 64.2 Å². The molecule has 0 aliphatic carbocycles. The van der Waals surface area contributed by atoms with Gasteiger partial charge in [-0.3, -0.25) is 19.4 Å². The number of nitrogens with zero attached hydrogens (tertiary/aromatic N) is 4. The lowest BCUT2D eigenvalue weighted by Crippen LogP contribution is -2.59. The first kappa shape index (κ1) is 16.5. The van der Waals surface area contributed by atoms with E-state index in [0.29, 0.717) is 6.54 Å². The van der Waals surface area contributed by atoms with Gasteiger partial charge in [-0.15, -0.1) is 6.58 Å². The summed E-state index contributed by atoms with van der Waals surface area (Å²) in [5.41, 5.74) is 0. The van der Waals surface area contributed by atoms with Crippen molar-refractivity contribution < 1.29 is 14.4 Å². The van der Waals surface area contributed by atoms with Gasteiger partial charge in [-0.25, -0.2) is 4.79 Å². The average molecular weight is 308 g/mol. The van der Waals surface area contributed by atoms with E-state index in [-0.39, 0.29) is 37.0 Å². The highest BCUT2D eigenvalue weighted by atomic mass is 16.2. The van der Waals surface area contributed by atoms with Crippen LogP contribution in [-0.4, -0.2) is 89.3 Å². The van der Waals surface area contributed by atoms with E-state index in [2.05, 4.69) is 18.4 Å². The predicted octanol–water partition coefficient (Wildman–Crippen LogP) is -0.0124. The fraction of sp³-hybridized carbons (Fsp3) is 0.667. The Balaban J connectivity index is 2.00. The van der Waals surface area contributed by atoms with Gasteiger partial charge in [0.05, 0.1) is 0 Å². The second-order valence-electron chi connectivity index (χ2n) is 6.11. The maximum atomic E-state index is 12.5. The van der Waals surface area contributed by atoms with Crippen molar-refractivity contribution in [2.45, 2.75) is 25.9 Å². The van der Waals surface area contributed by atoms with Crippen molar-refractivity contribution >= 4 is 17.8 Å². The number of carbonyl (C=O) groups excluding carboxylic acids is 3. The number of rotatable bonds is 4. The fourth-order valence-corrected chi connectivity index (χ4v) is 3.02. The van der Waals surface area contributed by atoms with Crippen LogP contribution in [-0.2, 0) is 9.59 Å². The zero-order valence-electron chi connectivity index (χ0n) is 13.5. The maximum Gasteiger partial charge on any atom is 0.327 e. The lowest BCUT2D eigenvalue weighted by atomic mass is 10.1. The van der Waals surface area contributed by atoms with Crippen LogP contribution in [0.5, 0.6) is 0 Å². The Kier molecular flexibility index (Phi) is 4.85. The molecule has 0 spiro atoms. The van der Waals surface area contributed by atoms with E-state index in [1.165, 1.54) is 4.90 Å². The van der Waals surface area contributed by atoms with Crippen molar-refractivity contribution in [3.8, 4) is 0 Å². The summed E-state index contributed by atoms with van der Waals surface area (Å²) in [6.45, 7) is 9.84. The first-order valence-electron chi connectivity index (χ1n) is 7.55. The van der Waals surface area contributed by atoms with Crippen molar-refractivity contribution in [3.63, 3.8) is 0 Å². The van der Waals surface area contributed by atoms with Gasteiger partial charge in [-0.05, 0) is 13.8 Å². The molecule has 0 aromatic heterocycles. The third-order valence-corrected chi connectivity index (χ3v) is 4.32. The first-order valence-corrected chi connectivity index (χ1v) is 7.55. The molecule has 0 bridgehead atoms. The third kappa shape index (κ3) is 3.14. The highest BCUT2D eigenvalue weighted by molar-refractivity contribution is 6.04. The summed E-state index contributed by atoms with van der Waals surface area (Å²) in [7, 11) is 1.56. The van der Waals surface area contributed by atoms with E-state index >= 15 is 0 Å². The smallest absolute Gasteiger partial charge is 0.327 e. The molecule has 2 aliphatic rings. The van der Waals surface area contributed by atoms with E-state index in [0.717, 1.165) is 18.0 Å². The Morgan fingerprint density at radius 3 is 2.50 bits per heavy atom. The van der Waals surface area contributed by atoms with Gasteiger partial charge in [0.25, 0.3) is 5.91 Å². The van der Waals surface area contributed by atoms with Gasteiger partial charge in [-0.2, -0.15) is 0 Å². The number of piperazine rings is 1. The molecule has 2 rings (SSSR count). The Morgan fingerprint density at radius 1 is 1.27 bits per heavy atom. The molecule has 0 unspecified atom stereocenters. The highest BCUT2D eigenvalue weighted by Gasteiger charge is 2.38. The first-order chi connectivity index (χ1) is 10.3. The molecule has 2 heterocycles. The van der Waals surface area contributed by atoms with Gasteiger partial charge < -0.3 is 9.80 Å². The zero-order valence-corrected chi connectivity index (χ0v) is 13.5.